The standard InChI is InChI=1S/C12H18BrNO3/c1-9-2-3-10(4-11(9)13)5-14-12(6-15,7-16)8-17/h2-4,14-17H,5-8H2,1H3. The SMILES string of the molecule is Cc1ccc(CNC(CO)(CO)CO)cc1Br. The first-order chi connectivity index (χ1) is 8.06. The van der Waals surface area contributed by atoms with Gasteiger partial charge >= 0.3 is 0 Å². The van der Waals surface area contributed by atoms with Crippen LogP contribution in [-0.4, -0.2) is 40.7 Å². The zero-order valence-corrected chi connectivity index (χ0v) is 11.4. The summed E-state index contributed by atoms with van der Waals surface area (Å²) in [4.78, 5) is 0. The maximum absolute atomic E-state index is 9.16. The van der Waals surface area contributed by atoms with E-state index in [1.165, 1.54) is 0 Å². The van der Waals surface area contributed by atoms with Gasteiger partial charge in [0.05, 0.1) is 25.4 Å². The lowest BCUT2D eigenvalue weighted by molar-refractivity contribution is 0.0414. The Kier molecular flexibility index (Phi) is 5.55. The number of halogens is 1. The normalized spacial score (nSPS) is 11.8. The van der Waals surface area contributed by atoms with Crippen molar-refractivity contribution in [3.63, 3.8) is 0 Å². The molecule has 0 aliphatic carbocycles. The maximum Gasteiger partial charge on any atom is 0.0884 e. The Balaban J connectivity index is 2.68. The predicted octanol–water partition coefficient (Wildman–Crippen LogP) is 0.563. The monoisotopic (exact) mass is 303 g/mol. The van der Waals surface area contributed by atoms with Gasteiger partial charge in [-0.15, -0.1) is 0 Å². The van der Waals surface area contributed by atoms with E-state index in [0.29, 0.717) is 6.54 Å². The molecule has 4 N–H and O–H groups in total. The third-order valence-corrected chi connectivity index (χ3v) is 3.67. The number of aliphatic hydroxyl groups excluding tert-OH is 3. The van der Waals surface area contributed by atoms with Crippen molar-refractivity contribution in [2.45, 2.75) is 19.0 Å². The van der Waals surface area contributed by atoms with Crippen molar-refractivity contribution in [3.8, 4) is 0 Å². The number of hydrogen-bond acceptors (Lipinski definition) is 4. The number of nitrogens with one attached hydrogen (secondary N) is 1. The molecule has 0 atom stereocenters. The molecule has 0 fully saturated rings. The Morgan fingerprint density at radius 2 is 1.76 bits per heavy atom. The number of aryl methyl sites for hydroxylation is 1. The first kappa shape index (κ1) is 14.6. The van der Waals surface area contributed by atoms with Crippen LogP contribution < -0.4 is 5.32 Å². The van der Waals surface area contributed by atoms with E-state index in [1.54, 1.807) is 0 Å². The van der Waals surface area contributed by atoms with E-state index in [0.717, 1.165) is 15.6 Å². The van der Waals surface area contributed by atoms with Gasteiger partial charge in [-0.1, -0.05) is 28.1 Å². The van der Waals surface area contributed by atoms with Gasteiger partial charge in [0.2, 0.25) is 0 Å². The number of aliphatic hydroxyl groups is 3. The average Bonchev–Trinajstić information content (AvgIpc) is 2.36. The van der Waals surface area contributed by atoms with E-state index >= 15 is 0 Å². The van der Waals surface area contributed by atoms with Gasteiger partial charge in [0.15, 0.2) is 0 Å². The Morgan fingerprint density at radius 3 is 2.24 bits per heavy atom. The fourth-order valence-corrected chi connectivity index (χ4v) is 1.78. The van der Waals surface area contributed by atoms with Crippen molar-refractivity contribution in [1.29, 1.82) is 0 Å². The van der Waals surface area contributed by atoms with Crippen molar-refractivity contribution >= 4 is 15.9 Å². The molecule has 0 saturated carbocycles. The zero-order valence-electron chi connectivity index (χ0n) is 9.78. The number of hydrogen-bond donors (Lipinski definition) is 4. The van der Waals surface area contributed by atoms with Crippen molar-refractivity contribution in [1.82, 2.24) is 5.32 Å². The third kappa shape index (κ3) is 3.76. The summed E-state index contributed by atoms with van der Waals surface area (Å²) in [5, 5.41) is 30.5. The van der Waals surface area contributed by atoms with E-state index in [-0.39, 0.29) is 19.8 Å². The molecular weight excluding hydrogens is 286 g/mol. The lowest BCUT2D eigenvalue weighted by Crippen LogP contribution is -2.54. The highest BCUT2D eigenvalue weighted by Gasteiger charge is 2.26. The van der Waals surface area contributed by atoms with Gasteiger partial charge in [-0.05, 0) is 24.1 Å². The highest BCUT2D eigenvalue weighted by atomic mass is 79.9. The minimum absolute atomic E-state index is 0.312. The number of benzene rings is 1. The minimum Gasteiger partial charge on any atom is -0.394 e. The van der Waals surface area contributed by atoms with Crippen LogP contribution in [0.4, 0.5) is 0 Å². The van der Waals surface area contributed by atoms with Crippen LogP contribution in [0.15, 0.2) is 22.7 Å². The van der Waals surface area contributed by atoms with Crippen LogP contribution in [-0.2, 0) is 6.54 Å². The molecule has 0 saturated heterocycles. The summed E-state index contributed by atoms with van der Waals surface area (Å²) in [6, 6.07) is 5.92. The van der Waals surface area contributed by atoms with Gasteiger partial charge in [0.25, 0.3) is 0 Å². The molecule has 0 aliphatic rings. The average molecular weight is 304 g/mol. The van der Waals surface area contributed by atoms with Gasteiger partial charge < -0.3 is 20.6 Å². The Labute approximate surface area is 109 Å². The molecule has 5 heteroatoms. The summed E-state index contributed by atoms with van der Waals surface area (Å²) in [6.07, 6.45) is 0. The van der Waals surface area contributed by atoms with Crippen LogP contribution in [0.5, 0.6) is 0 Å². The molecule has 0 aliphatic heterocycles. The fraction of sp³-hybridized carbons (Fsp3) is 0.500. The molecule has 4 nitrogen and oxygen atoms in total. The van der Waals surface area contributed by atoms with Crippen LogP contribution in [0.3, 0.4) is 0 Å². The summed E-state index contributed by atoms with van der Waals surface area (Å²) in [5.74, 6) is 0. The molecule has 1 aromatic rings. The molecule has 0 spiro atoms. The first-order valence-corrected chi connectivity index (χ1v) is 6.19. The largest absolute Gasteiger partial charge is 0.394 e. The molecule has 1 aromatic carbocycles. The quantitative estimate of drug-likeness (QED) is 0.620. The Hall–Kier alpha value is -0.460. The summed E-state index contributed by atoms with van der Waals surface area (Å²) < 4.78 is 1.01. The molecule has 1 rings (SSSR count). The molecule has 0 radical (unpaired) electrons. The van der Waals surface area contributed by atoms with Crippen molar-refractivity contribution in [3.05, 3.63) is 33.8 Å². The summed E-state index contributed by atoms with van der Waals surface area (Å²) in [5.41, 5.74) is 1.13. The molecule has 0 unspecified atom stereocenters. The zero-order chi connectivity index (χ0) is 12.9. The van der Waals surface area contributed by atoms with Gasteiger partial charge in [-0.3, -0.25) is 0 Å². The third-order valence-electron chi connectivity index (χ3n) is 2.81. The van der Waals surface area contributed by atoms with Gasteiger partial charge in [0, 0.05) is 11.0 Å². The molecule has 96 valence electrons. The van der Waals surface area contributed by atoms with Crippen LogP contribution in [0, 0.1) is 6.92 Å². The second-order valence-electron chi connectivity index (χ2n) is 4.19. The topological polar surface area (TPSA) is 72.7 Å². The van der Waals surface area contributed by atoms with E-state index in [2.05, 4.69) is 21.2 Å². The highest BCUT2D eigenvalue weighted by molar-refractivity contribution is 9.10. The summed E-state index contributed by atoms with van der Waals surface area (Å²) >= 11 is 3.44. The maximum atomic E-state index is 9.16. The van der Waals surface area contributed by atoms with Crippen molar-refractivity contribution < 1.29 is 15.3 Å². The molecule has 0 aromatic heterocycles. The van der Waals surface area contributed by atoms with Crippen LogP contribution in [0.2, 0.25) is 0 Å². The lowest BCUT2D eigenvalue weighted by atomic mass is 10.0. The molecular formula is C12H18BrNO3. The first-order valence-electron chi connectivity index (χ1n) is 5.39. The van der Waals surface area contributed by atoms with Gasteiger partial charge in [-0.2, -0.15) is 0 Å². The molecule has 0 bridgehead atoms. The van der Waals surface area contributed by atoms with Gasteiger partial charge in [-0.25, -0.2) is 0 Å². The second-order valence-corrected chi connectivity index (χ2v) is 5.05. The van der Waals surface area contributed by atoms with E-state index in [9.17, 15) is 0 Å². The predicted molar refractivity (Wildman–Crippen MR) is 69.7 cm³/mol. The lowest BCUT2D eigenvalue weighted by Gasteiger charge is -2.28. The van der Waals surface area contributed by atoms with Crippen molar-refractivity contribution in [2.24, 2.45) is 0 Å². The summed E-state index contributed by atoms with van der Waals surface area (Å²) in [7, 11) is 0. The molecule has 0 heterocycles. The second kappa shape index (κ2) is 6.47. The highest BCUT2D eigenvalue weighted by Crippen LogP contribution is 2.17. The fourth-order valence-electron chi connectivity index (χ4n) is 1.35. The Bertz CT molecular complexity index is 359. The number of rotatable bonds is 6. The van der Waals surface area contributed by atoms with E-state index in [1.807, 2.05) is 25.1 Å². The van der Waals surface area contributed by atoms with Crippen LogP contribution >= 0.6 is 15.9 Å². The Morgan fingerprint density at radius 1 is 1.18 bits per heavy atom. The van der Waals surface area contributed by atoms with E-state index < -0.39 is 5.54 Å². The van der Waals surface area contributed by atoms with Gasteiger partial charge in [0.1, 0.15) is 0 Å². The van der Waals surface area contributed by atoms with Crippen molar-refractivity contribution in [2.75, 3.05) is 19.8 Å². The van der Waals surface area contributed by atoms with E-state index in [4.69, 9.17) is 15.3 Å². The van der Waals surface area contributed by atoms with Crippen LogP contribution in [0.1, 0.15) is 11.1 Å². The van der Waals surface area contributed by atoms with Crippen LogP contribution in [0.25, 0.3) is 0 Å². The molecule has 17 heavy (non-hydrogen) atoms. The smallest absolute Gasteiger partial charge is 0.0884 e. The minimum atomic E-state index is -1.03. The summed E-state index contributed by atoms with van der Waals surface area (Å²) in [6.45, 7) is 1.54. The molecule has 0 amide bonds.